The maximum absolute atomic E-state index is 14.5. The molecule has 3 heterocycles. The van der Waals surface area contributed by atoms with Gasteiger partial charge in [-0.3, -0.25) is 0 Å². The molecule has 9 nitrogen and oxygen atoms in total. The normalized spacial score (nSPS) is 17.1. The average molecular weight is 605 g/mol. The van der Waals surface area contributed by atoms with Crippen LogP contribution in [-0.4, -0.2) is 66.7 Å². The molecule has 0 radical (unpaired) electrons. The Morgan fingerprint density at radius 3 is 2.30 bits per heavy atom. The van der Waals surface area contributed by atoms with Crippen LogP contribution in [0, 0.1) is 17.6 Å². The van der Waals surface area contributed by atoms with E-state index in [4.69, 9.17) is 9.90 Å². The highest BCUT2D eigenvalue weighted by molar-refractivity contribution is 5.96. The minimum atomic E-state index is -5.08. The van der Waals surface area contributed by atoms with Gasteiger partial charge in [-0.2, -0.15) is 18.3 Å². The Labute approximate surface area is 241 Å². The van der Waals surface area contributed by atoms with E-state index in [0.717, 1.165) is 36.8 Å². The van der Waals surface area contributed by atoms with E-state index in [2.05, 4.69) is 33.8 Å². The highest BCUT2D eigenvalue weighted by Gasteiger charge is 2.38. The number of nitrogens with zero attached hydrogens (tertiary/aromatic N) is 5. The van der Waals surface area contributed by atoms with E-state index in [1.807, 2.05) is 24.0 Å². The zero-order chi connectivity index (χ0) is 31.2. The highest BCUT2D eigenvalue weighted by atomic mass is 19.4. The van der Waals surface area contributed by atoms with E-state index in [0.29, 0.717) is 33.8 Å². The van der Waals surface area contributed by atoms with Gasteiger partial charge in [-0.15, -0.1) is 0 Å². The Kier molecular flexibility index (Phi) is 7.90. The van der Waals surface area contributed by atoms with Crippen LogP contribution >= 0.6 is 0 Å². The van der Waals surface area contributed by atoms with Crippen molar-refractivity contribution in [3.63, 3.8) is 0 Å². The van der Waals surface area contributed by atoms with Crippen molar-refractivity contribution < 1.29 is 31.9 Å². The second kappa shape index (κ2) is 11.3. The Hall–Kier alpha value is -4.46. The van der Waals surface area contributed by atoms with E-state index in [-0.39, 0.29) is 17.7 Å². The fraction of sp³-hybridized carbons (Fsp3) is 0.345. The molecule has 228 valence electrons. The highest BCUT2D eigenvalue weighted by Crippen LogP contribution is 2.40. The van der Waals surface area contributed by atoms with Crippen molar-refractivity contribution in [2.45, 2.75) is 31.5 Å². The number of aromatic nitrogens is 5. The number of carbonyl (C=O) groups is 1. The van der Waals surface area contributed by atoms with Crippen LogP contribution < -0.4 is 5.69 Å². The molecular formula is C29H29F5N6O3. The molecule has 0 bridgehead atoms. The van der Waals surface area contributed by atoms with E-state index in [1.165, 1.54) is 28.8 Å². The molecule has 0 unspecified atom stereocenters. The van der Waals surface area contributed by atoms with E-state index < -0.39 is 17.8 Å². The lowest BCUT2D eigenvalue weighted by Crippen LogP contribution is -2.21. The van der Waals surface area contributed by atoms with Gasteiger partial charge < -0.3 is 19.1 Å². The predicted molar refractivity (Wildman–Crippen MR) is 150 cm³/mol. The van der Waals surface area contributed by atoms with Crippen molar-refractivity contribution in [1.82, 2.24) is 28.8 Å². The molecule has 0 aliphatic heterocycles. The molecule has 0 saturated heterocycles. The molecule has 0 amide bonds. The third kappa shape index (κ3) is 5.91. The first-order valence-electron chi connectivity index (χ1n) is 13.4. The first kappa shape index (κ1) is 30.0. The fourth-order valence-corrected chi connectivity index (χ4v) is 5.92. The summed E-state index contributed by atoms with van der Waals surface area (Å²) >= 11 is 0. The Balaban J connectivity index is 0.000000472. The molecule has 2 N–H and O–H groups in total. The summed E-state index contributed by atoms with van der Waals surface area (Å²) < 4.78 is 65.9. The molecule has 2 atom stereocenters. The van der Waals surface area contributed by atoms with Crippen LogP contribution in [0.3, 0.4) is 0 Å². The SMILES string of the molecule is CN(C)C[C@@H]1CC[C@H](n2cc(-n3c(-c4cn(C)c5ccc(F)cc45)n[nH]c3=O)c3cc(F)ccc32)C1.O=C(O)C(F)(F)F. The monoisotopic (exact) mass is 604 g/mol. The number of aromatic amines is 1. The number of nitrogens with one attached hydrogen (secondary N) is 1. The fourth-order valence-electron chi connectivity index (χ4n) is 5.92. The summed E-state index contributed by atoms with van der Waals surface area (Å²) in [6, 6.07) is 9.53. The minimum Gasteiger partial charge on any atom is -0.475 e. The number of carboxylic acid groups (broad SMARTS) is 1. The molecule has 5 aromatic rings. The number of aliphatic carboxylic acids is 1. The number of hydrogen-bond acceptors (Lipinski definition) is 4. The van der Waals surface area contributed by atoms with Crippen LogP contribution in [0.4, 0.5) is 22.0 Å². The van der Waals surface area contributed by atoms with Crippen LogP contribution in [0.15, 0.2) is 53.6 Å². The lowest BCUT2D eigenvalue weighted by molar-refractivity contribution is -0.192. The number of benzene rings is 2. The number of rotatable bonds is 5. The van der Waals surface area contributed by atoms with Gasteiger partial charge in [-0.05, 0) is 75.7 Å². The largest absolute Gasteiger partial charge is 0.490 e. The molecule has 1 saturated carbocycles. The van der Waals surface area contributed by atoms with Crippen LogP contribution in [0.25, 0.3) is 38.9 Å². The van der Waals surface area contributed by atoms with Gasteiger partial charge >= 0.3 is 17.8 Å². The lowest BCUT2D eigenvalue weighted by atomic mass is 10.1. The molecular weight excluding hydrogens is 575 g/mol. The molecule has 6 rings (SSSR count). The summed E-state index contributed by atoms with van der Waals surface area (Å²) in [5.74, 6) is -2.55. The second-order valence-electron chi connectivity index (χ2n) is 11.0. The van der Waals surface area contributed by atoms with Gasteiger partial charge in [0.2, 0.25) is 0 Å². The average Bonchev–Trinajstić information content (AvgIpc) is 3.68. The van der Waals surface area contributed by atoms with Gasteiger partial charge in [0.15, 0.2) is 5.82 Å². The van der Waals surface area contributed by atoms with Crippen LogP contribution in [-0.2, 0) is 11.8 Å². The molecule has 1 aliphatic rings. The smallest absolute Gasteiger partial charge is 0.475 e. The second-order valence-corrected chi connectivity index (χ2v) is 11.0. The zero-order valence-corrected chi connectivity index (χ0v) is 23.5. The number of halogens is 5. The summed E-state index contributed by atoms with van der Waals surface area (Å²) in [4.78, 5) is 24.2. The molecule has 14 heteroatoms. The van der Waals surface area contributed by atoms with Crippen molar-refractivity contribution in [2.24, 2.45) is 13.0 Å². The van der Waals surface area contributed by atoms with Gasteiger partial charge in [0.1, 0.15) is 11.6 Å². The third-order valence-electron chi connectivity index (χ3n) is 7.65. The first-order valence-corrected chi connectivity index (χ1v) is 13.4. The predicted octanol–water partition coefficient (Wildman–Crippen LogP) is 5.49. The summed E-state index contributed by atoms with van der Waals surface area (Å²) in [5.41, 5.74) is 2.44. The van der Waals surface area contributed by atoms with Crippen molar-refractivity contribution in [3.05, 3.63) is 70.9 Å². The minimum absolute atomic E-state index is 0.259. The molecule has 0 spiro atoms. The summed E-state index contributed by atoms with van der Waals surface area (Å²) in [7, 11) is 6.04. The summed E-state index contributed by atoms with van der Waals surface area (Å²) in [6.07, 6.45) is 1.86. The van der Waals surface area contributed by atoms with Crippen molar-refractivity contribution in [2.75, 3.05) is 20.6 Å². The third-order valence-corrected chi connectivity index (χ3v) is 7.65. The van der Waals surface area contributed by atoms with E-state index >= 15 is 0 Å². The summed E-state index contributed by atoms with van der Waals surface area (Å²) in [6.45, 7) is 1.03. The number of H-pyrrole nitrogens is 1. The molecule has 3 aromatic heterocycles. The van der Waals surface area contributed by atoms with Crippen LogP contribution in [0.5, 0.6) is 0 Å². The first-order chi connectivity index (χ1) is 20.2. The topological polar surface area (TPSA) is 101 Å². The van der Waals surface area contributed by atoms with Crippen molar-refractivity contribution in [1.29, 1.82) is 0 Å². The Morgan fingerprint density at radius 2 is 1.67 bits per heavy atom. The van der Waals surface area contributed by atoms with Crippen LogP contribution in [0.2, 0.25) is 0 Å². The number of hydrogen-bond donors (Lipinski definition) is 2. The van der Waals surface area contributed by atoms with Crippen LogP contribution in [0.1, 0.15) is 25.3 Å². The van der Waals surface area contributed by atoms with Gasteiger partial charge in [0, 0.05) is 53.9 Å². The number of aryl methyl sites for hydroxylation is 1. The maximum Gasteiger partial charge on any atom is 0.490 e. The summed E-state index contributed by atoms with van der Waals surface area (Å²) in [5, 5.41) is 15.3. The molecule has 43 heavy (non-hydrogen) atoms. The quantitative estimate of drug-likeness (QED) is 0.259. The zero-order valence-electron chi connectivity index (χ0n) is 23.5. The Bertz CT molecular complexity index is 1870. The number of alkyl halides is 3. The maximum atomic E-state index is 14.5. The van der Waals surface area contributed by atoms with E-state index in [9.17, 15) is 26.7 Å². The molecule has 1 fully saturated rings. The molecule has 1 aliphatic carbocycles. The standard InChI is InChI=1S/C27H28F2N6O.C2HF3O2/c1-32(2)13-16-4-7-19(10-16)34-15-25(21-12-18(29)6-9-24(21)34)35-26(30-31-27(35)36)22-14-33(3)23-8-5-17(28)11-20(22)23;3-2(4,5)1(6)7/h5-6,8-9,11-12,14-16,19H,4,7,10,13H2,1-3H3,(H,31,36);(H,6,7)/t16-,19+;/m1./s1. The van der Waals surface area contributed by atoms with Crippen molar-refractivity contribution in [3.8, 4) is 17.1 Å². The van der Waals surface area contributed by atoms with Gasteiger partial charge in [0.05, 0.1) is 11.2 Å². The van der Waals surface area contributed by atoms with Crippen molar-refractivity contribution >= 4 is 27.8 Å². The Morgan fingerprint density at radius 1 is 1.05 bits per heavy atom. The lowest BCUT2D eigenvalue weighted by Gasteiger charge is -2.17. The van der Waals surface area contributed by atoms with Gasteiger partial charge in [-0.1, -0.05) is 0 Å². The van der Waals surface area contributed by atoms with Gasteiger partial charge in [-0.25, -0.2) is 28.0 Å². The number of fused-ring (bicyclic) bond motifs is 2. The van der Waals surface area contributed by atoms with E-state index in [1.54, 1.807) is 12.1 Å². The number of carboxylic acids is 1. The molecule has 2 aromatic carbocycles. The van der Waals surface area contributed by atoms with Gasteiger partial charge in [0.25, 0.3) is 0 Å².